The zero-order chi connectivity index (χ0) is 15.2. The first-order chi connectivity index (χ1) is 10.2. The fraction of sp³-hybridized carbons (Fsp3) is 0.200. The standard InChI is InChI=1S/C15H14ClNO3S/c1-2-20-15(19)14-11(17-13(18)9-16)8-12(21-14)10-6-4-3-5-7-10/h3-8H,2,9H2,1H3,(H,17,18). The SMILES string of the molecule is CCOC(=O)c1sc(-c2ccccc2)cc1NC(=O)CCl. The van der Waals surface area contributed by atoms with Crippen LogP contribution in [-0.4, -0.2) is 24.4 Å². The lowest BCUT2D eigenvalue weighted by molar-refractivity contribution is -0.113. The van der Waals surface area contributed by atoms with Crippen molar-refractivity contribution < 1.29 is 14.3 Å². The summed E-state index contributed by atoms with van der Waals surface area (Å²) in [5.74, 6) is -0.979. The van der Waals surface area contributed by atoms with Gasteiger partial charge in [-0.2, -0.15) is 0 Å². The van der Waals surface area contributed by atoms with Crippen molar-refractivity contribution in [2.45, 2.75) is 6.92 Å². The number of amides is 1. The first kappa shape index (κ1) is 15.5. The number of carbonyl (C=O) groups is 2. The number of benzene rings is 1. The van der Waals surface area contributed by atoms with Crippen LogP contribution in [0.1, 0.15) is 16.6 Å². The van der Waals surface area contributed by atoms with Crippen molar-refractivity contribution in [3.63, 3.8) is 0 Å². The van der Waals surface area contributed by atoms with Gasteiger partial charge in [0.15, 0.2) is 0 Å². The molecule has 1 amide bonds. The molecule has 6 heteroatoms. The Bertz CT molecular complexity index is 640. The largest absolute Gasteiger partial charge is 0.462 e. The fourth-order valence-electron chi connectivity index (χ4n) is 1.76. The summed E-state index contributed by atoms with van der Waals surface area (Å²) in [5.41, 5.74) is 1.40. The Kier molecular flexibility index (Phi) is 5.36. The van der Waals surface area contributed by atoms with Crippen LogP contribution in [0.5, 0.6) is 0 Å². The second-order valence-corrected chi connectivity index (χ2v) is 5.44. The highest BCUT2D eigenvalue weighted by molar-refractivity contribution is 7.18. The molecule has 0 bridgehead atoms. The van der Waals surface area contributed by atoms with Crippen LogP contribution < -0.4 is 5.32 Å². The number of hydrogen-bond donors (Lipinski definition) is 1. The van der Waals surface area contributed by atoms with E-state index in [1.54, 1.807) is 13.0 Å². The predicted octanol–water partition coefficient (Wildman–Crippen LogP) is 3.77. The van der Waals surface area contributed by atoms with E-state index in [2.05, 4.69) is 5.32 Å². The van der Waals surface area contributed by atoms with E-state index in [1.807, 2.05) is 30.3 Å². The average molecular weight is 324 g/mol. The minimum atomic E-state index is -0.449. The highest BCUT2D eigenvalue weighted by atomic mass is 35.5. The molecule has 0 atom stereocenters. The molecular formula is C15H14ClNO3S. The van der Waals surface area contributed by atoms with E-state index in [9.17, 15) is 9.59 Å². The third-order valence-electron chi connectivity index (χ3n) is 2.65. The number of thiophene rings is 1. The third-order valence-corrected chi connectivity index (χ3v) is 4.05. The quantitative estimate of drug-likeness (QED) is 0.673. The van der Waals surface area contributed by atoms with Gasteiger partial charge in [0.2, 0.25) is 5.91 Å². The predicted molar refractivity (Wildman–Crippen MR) is 85.1 cm³/mol. The summed E-state index contributed by atoms with van der Waals surface area (Å²) in [6.07, 6.45) is 0. The lowest BCUT2D eigenvalue weighted by Gasteiger charge is -2.03. The van der Waals surface area contributed by atoms with Crippen molar-refractivity contribution in [2.24, 2.45) is 0 Å². The monoisotopic (exact) mass is 323 g/mol. The summed E-state index contributed by atoms with van der Waals surface area (Å²) >= 11 is 6.77. The van der Waals surface area contributed by atoms with Gasteiger partial charge in [0.25, 0.3) is 0 Å². The molecule has 1 heterocycles. The first-order valence-corrected chi connectivity index (χ1v) is 7.73. The summed E-state index contributed by atoms with van der Waals surface area (Å²) in [7, 11) is 0. The summed E-state index contributed by atoms with van der Waals surface area (Å²) in [6.45, 7) is 2.01. The van der Waals surface area contributed by atoms with Gasteiger partial charge in [-0.1, -0.05) is 30.3 Å². The lowest BCUT2D eigenvalue weighted by atomic mass is 10.2. The Morgan fingerprint density at radius 3 is 2.62 bits per heavy atom. The molecule has 0 aliphatic heterocycles. The first-order valence-electron chi connectivity index (χ1n) is 6.38. The molecule has 1 N–H and O–H groups in total. The van der Waals surface area contributed by atoms with E-state index in [0.29, 0.717) is 10.6 Å². The maximum Gasteiger partial charge on any atom is 0.350 e. The van der Waals surface area contributed by atoms with Gasteiger partial charge in [-0.3, -0.25) is 4.79 Å². The molecule has 2 aromatic rings. The number of hydrogen-bond acceptors (Lipinski definition) is 4. The van der Waals surface area contributed by atoms with E-state index in [-0.39, 0.29) is 18.4 Å². The molecule has 0 fully saturated rings. The number of nitrogens with one attached hydrogen (secondary N) is 1. The van der Waals surface area contributed by atoms with Gasteiger partial charge in [0.05, 0.1) is 12.3 Å². The highest BCUT2D eigenvalue weighted by Gasteiger charge is 2.19. The van der Waals surface area contributed by atoms with Crippen molar-refractivity contribution >= 4 is 40.5 Å². The van der Waals surface area contributed by atoms with Gasteiger partial charge in [-0.15, -0.1) is 22.9 Å². The molecule has 0 aliphatic carbocycles. The maximum absolute atomic E-state index is 12.0. The van der Waals surface area contributed by atoms with Crippen molar-refractivity contribution in [1.82, 2.24) is 0 Å². The second kappa shape index (κ2) is 7.24. The van der Waals surface area contributed by atoms with Crippen LogP contribution in [0.25, 0.3) is 10.4 Å². The molecule has 0 saturated carbocycles. The van der Waals surface area contributed by atoms with Crippen LogP contribution in [0.3, 0.4) is 0 Å². The van der Waals surface area contributed by atoms with Crippen LogP contribution in [0, 0.1) is 0 Å². The van der Waals surface area contributed by atoms with Crippen LogP contribution >= 0.6 is 22.9 Å². The Labute approximate surface area is 131 Å². The summed E-state index contributed by atoms with van der Waals surface area (Å²) in [4.78, 5) is 24.7. The maximum atomic E-state index is 12.0. The van der Waals surface area contributed by atoms with E-state index in [4.69, 9.17) is 16.3 Å². The highest BCUT2D eigenvalue weighted by Crippen LogP contribution is 2.35. The molecule has 0 spiro atoms. The van der Waals surface area contributed by atoms with Crippen molar-refractivity contribution in [1.29, 1.82) is 0 Å². The van der Waals surface area contributed by atoms with Crippen LogP contribution in [0.2, 0.25) is 0 Å². The van der Waals surface area contributed by atoms with Crippen LogP contribution in [0.4, 0.5) is 5.69 Å². The minimum absolute atomic E-state index is 0.168. The molecule has 2 rings (SSSR count). The van der Waals surface area contributed by atoms with Crippen molar-refractivity contribution in [3.05, 3.63) is 41.3 Å². The topological polar surface area (TPSA) is 55.4 Å². The molecule has 21 heavy (non-hydrogen) atoms. The summed E-state index contributed by atoms with van der Waals surface area (Å²) < 4.78 is 5.02. The number of halogens is 1. The minimum Gasteiger partial charge on any atom is -0.462 e. The van der Waals surface area contributed by atoms with Crippen LogP contribution in [0.15, 0.2) is 36.4 Å². The lowest BCUT2D eigenvalue weighted by Crippen LogP contribution is -2.14. The zero-order valence-electron chi connectivity index (χ0n) is 11.4. The van der Waals surface area contributed by atoms with Gasteiger partial charge in [0.1, 0.15) is 10.8 Å². The summed E-state index contributed by atoms with van der Waals surface area (Å²) in [5, 5.41) is 2.63. The molecule has 4 nitrogen and oxygen atoms in total. The second-order valence-electron chi connectivity index (χ2n) is 4.12. The molecular weight excluding hydrogens is 310 g/mol. The van der Waals surface area contributed by atoms with Gasteiger partial charge in [-0.25, -0.2) is 4.79 Å². The number of anilines is 1. The molecule has 110 valence electrons. The molecule has 1 aromatic carbocycles. The Morgan fingerprint density at radius 1 is 1.29 bits per heavy atom. The Balaban J connectivity index is 2.39. The normalized spacial score (nSPS) is 10.2. The van der Waals surface area contributed by atoms with Gasteiger partial charge >= 0.3 is 5.97 Å². The molecule has 0 radical (unpaired) electrons. The third kappa shape index (κ3) is 3.83. The summed E-state index contributed by atoms with van der Waals surface area (Å²) in [6, 6.07) is 11.4. The van der Waals surface area contributed by atoms with Crippen LogP contribution in [-0.2, 0) is 9.53 Å². The zero-order valence-corrected chi connectivity index (χ0v) is 13.0. The van der Waals surface area contributed by atoms with Gasteiger partial charge in [-0.05, 0) is 18.6 Å². The smallest absolute Gasteiger partial charge is 0.350 e. The fourth-order valence-corrected chi connectivity index (χ4v) is 2.84. The van der Waals surface area contributed by atoms with E-state index in [0.717, 1.165) is 10.4 Å². The van der Waals surface area contributed by atoms with Crippen molar-refractivity contribution in [2.75, 3.05) is 17.8 Å². The Hall–Kier alpha value is -1.85. The molecule has 0 unspecified atom stereocenters. The number of rotatable bonds is 5. The van der Waals surface area contributed by atoms with Gasteiger partial charge in [0, 0.05) is 4.88 Å². The van der Waals surface area contributed by atoms with Gasteiger partial charge < -0.3 is 10.1 Å². The molecule has 0 saturated heterocycles. The van der Waals surface area contributed by atoms with E-state index in [1.165, 1.54) is 11.3 Å². The van der Waals surface area contributed by atoms with E-state index < -0.39 is 5.97 Å². The van der Waals surface area contributed by atoms with Crippen molar-refractivity contribution in [3.8, 4) is 10.4 Å². The van der Waals surface area contributed by atoms with E-state index >= 15 is 0 Å². The molecule has 1 aromatic heterocycles. The average Bonchev–Trinajstić information content (AvgIpc) is 2.92. The Morgan fingerprint density at radius 2 is 2.00 bits per heavy atom. The number of carbonyl (C=O) groups excluding carboxylic acids is 2. The molecule has 0 aliphatic rings. The number of esters is 1. The number of ether oxygens (including phenoxy) is 1. The number of alkyl halides is 1.